The van der Waals surface area contributed by atoms with Crippen molar-refractivity contribution in [3.63, 3.8) is 0 Å². The topological polar surface area (TPSA) is 74.6 Å². The van der Waals surface area contributed by atoms with Crippen molar-refractivity contribution in [2.75, 3.05) is 0 Å². The van der Waals surface area contributed by atoms with E-state index in [2.05, 4.69) is 31.9 Å². The first kappa shape index (κ1) is 26.0. The summed E-state index contributed by atoms with van der Waals surface area (Å²) in [5, 5.41) is 17.1. The Labute approximate surface area is 182 Å². The van der Waals surface area contributed by atoms with Crippen molar-refractivity contribution in [2.45, 2.75) is 23.0 Å². The number of alkyl halides is 8. The Hall–Kier alpha value is -2.08. The fourth-order valence-electron chi connectivity index (χ4n) is 2.19. The van der Waals surface area contributed by atoms with Crippen molar-refractivity contribution in [1.29, 1.82) is 0 Å². The minimum absolute atomic E-state index is 0.0162. The first-order valence-electron chi connectivity index (χ1n) is 7.69. The van der Waals surface area contributed by atoms with Gasteiger partial charge in [0.05, 0.1) is 26.0 Å². The van der Waals surface area contributed by atoms with Crippen LogP contribution < -0.4 is 0 Å². The zero-order valence-corrected chi connectivity index (χ0v) is 17.9. The summed E-state index contributed by atoms with van der Waals surface area (Å²) in [6, 6.07) is 5.80. The number of aromatic carboxylic acids is 2. The summed E-state index contributed by atoms with van der Waals surface area (Å²) in [6.45, 7) is 1.29. The van der Waals surface area contributed by atoms with Gasteiger partial charge in [-0.1, -0.05) is 44.0 Å². The average molecular weight is 566 g/mol. The Kier molecular flexibility index (Phi) is 8.49. The van der Waals surface area contributed by atoms with Gasteiger partial charge < -0.3 is 10.2 Å². The number of carboxylic acid groups (broad SMARTS) is 2. The summed E-state index contributed by atoms with van der Waals surface area (Å²) in [5.74, 6) is -2.76. The van der Waals surface area contributed by atoms with Crippen molar-refractivity contribution >= 4 is 43.8 Å². The van der Waals surface area contributed by atoms with E-state index in [1.54, 1.807) is 0 Å². The van der Waals surface area contributed by atoms with E-state index < -0.39 is 44.7 Å². The number of benzene rings is 2. The SMILES string of the molecule is Cc1ccc(C(=O)O)cc1C(F)(F)F.O=C(O)c1ccc(C(Br)Br)c(C(F)(F)F)c1. The van der Waals surface area contributed by atoms with Crippen LogP contribution in [0.2, 0.25) is 0 Å². The second-order valence-electron chi connectivity index (χ2n) is 5.74. The van der Waals surface area contributed by atoms with Gasteiger partial charge in [0.15, 0.2) is 0 Å². The molecule has 0 amide bonds. The molecule has 0 aliphatic carbocycles. The molecule has 2 aromatic rings. The van der Waals surface area contributed by atoms with Gasteiger partial charge in [-0.25, -0.2) is 9.59 Å². The Morgan fingerprint density at radius 2 is 1.20 bits per heavy atom. The lowest BCUT2D eigenvalue weighted by atomic mass is 10.0. The molecule has 0 saturated carbocycles. The maximum absolute atomic E-state index is 12.6. The van der Waals surface area contributed by atoms with E-state index in [4.69, 9.17) is 10.2 Å². The molecule has 0 radical (unpaired) electrons. The fourth-order valence-corrected chi connectivity index (χ4v) is 2.98. The predicted molar refractivity (Wildman–Crippen MR) is 102 cm³/mol. The Balaban J connectivity index is 0.000000303. The van der Waals surface area contributed by atoms with Crippen LogP contribution in [-0.4, -0.2) is 22.2 Å². The lowest BCUT2D eigenvalue weighted by Gasteiger charge is -2.14. The quantitative estimate of drug-likeness (QED) is 0.313. The largest absolute Gasteiger partial charge is 0.478 e. The standard InChI is InChI=1S/C9H5Br2F3O2.C9H7F3O2/c10-7(11)5-2-1-4(8(15)16)3-6(5)9(12,13)14;1-5-2-3-6(8(13)14)4-7(5)9(10,11)12/h1-3,7H,(H,15,16);2-4H,1H3,(H,13,14). The number of hydrogen-bond donors (Lipinski definition) is 2. The van der Waals surface area contributed by atoms with Gasteiger partial charge in [0.25, 0.3) is 0 Å². The molecule has 0 bridgehead atoms. The number of rotatable bonds is 3. The van der Waals surface area contributed by atoms with Gasteiger partial charge in [-0.15, -0.1) is 0 Å². The summed E-state index contributed by atoms with van der Waals surface area (Å²) >= 11 is 5.91. The van der Waals surface area contributed by atoms with E-state index in [-0.39, 0.29) is 16.7 Å². The highest BCUT2D eigenvalue weighted by Gasteiger charge is 2.35. The molecule has 0 fully saturated rings. The molecular formula is C18H12Br2F6O4. The van der Waals surface area contributed by atoms with Crippen LogP contribution in [0.25, 0.3) is 0 Å². The zero-order chi connectivity index (χ0) is 23.4. The lowest BCUT2D eigenvalue weighted by Crippen LogP contribution is -2.11. The molecule has 4 nitrogen and oxygen atoms in total. The molecule has 2 aromatic carbocycles. The molecule has 12 heteroatoms. The molecule has 0 atom stereocenters. The predicted octanol–water partition coefficient (Wildman–Crippen LogP) is 6.90. The van der Waals surface area contributed by atoms with Crippen LogP contribution >= 0.6 is 31.9 Å². The van der Waals surface area contributed by atoms with E-state index in [1.165, 1.54) is 6.92 Å². The number of hydrogen-bond acceptors (Lipinski definition) is 2. The Morgan fingerprint density at radius 1 is 0.800 bits per heavy atom. The molecule has 0 aliphatic rings. The summed E-state index contributed by atoms with van der Waals surface area (Å²) in [4.78, 5) is 21.0. The van der Waals surface area contributed by atoms with Crippen molar-refractivity contribution in [3.8, 4) is 0 Å². The average Bonchev–Trinajstić information content (AvgIpc) is 2.60. The fraction of sp³-hybridized carbons (Fsp3) is 0.222. The van der Waals surface area contributed by atoms with E-state index in [0.29, 0.717) is 12.1 Å². The zero-order valence-electron chi connectivity index (χ0n) is 14.8. The third kappa shape index (κ3) is 7.01. The third-order valence-corrected chi connectivity index (χ3v) is 4.62. The number of aryl methyl sites for hydroxylation is 1. The second kappa shape index (κ2) is 9.82. The van der Waals surface area contributed by atoms with Gasteiger partial charge in [0, 0.05) is 0 Å². The molecule has 164 valence electrons. The summed E-state index contributed by atoms with van der Waals surface area (Å²) in [6.07, 6.45) is -9.09. The van der Waals surface area contributed by atoms with E-state index in [1.807, 2.05) is 0 Å². The molecular weight excluding hydrogens is 554 g/mol. The highest BCUT2D eigenvalue weighted by atomic mass is 79.9. The van der Waals surface area contributed by atoms with Gasteiger partial charge in [-0.3, -0.25) is 0 Å². The first-order valence-corrected chi connectivity index (χ1v) is 9.52. The molecule has 0 aromatic heterocycles. The smallest absolute Gasteiger partial charge is 0.416 e. The number of carbonyl (C=O) groups is 2. The Bertz CT molecular complexity index is 939. The van der Waals surface area contributed by atoms with Crippen LogP contribution in [-0.2, 0) is 12.4 Å². The van der Waals surface area contributed by atoms with Crippen molar-refractivity contribution < 1.29 is 46.1 Å². The number of halogens is 8. The normalized spacial score (nSPS) is 11.7. The van der Waals surface area contributed by atoms with Crippen LogP contribution in [0.5, 0.6) is 0 Å². The van der Waals surface area contributed by atoms with E-state index in [9.17, 15) is 35.9 Å². The monoisotopic (exact) mass is 564 g/mol. The van der Waals surface area contributed by atoms with Crippen molar-refractivity contribution in [3.05, 3.63) is 69.8 Å². The summed E-state index contributed by atoms with van der Waals surface area (Å²) in [5.41, 5.74) is -2.66. The van der Waals surface area contributed by atoms with Crippen molar-refractivity contribution in [1.82, 2.24) is 0 Å². The molecule has 2 rings (SSSR count). The van der Waals surface area contributed by atoms with Crippen LogP contribution in [0.4, 0.5) is 26.3 Å². The molecule has 0 unspecified atom stereocenters. The van der Waals surface area contributed by atoms with Gasteiger partial charge in [-0.2, -0.15) is 26.3 Å². The second-order valence-corrected chi connectivity index (χ2v) is 8.80. The van der Waals surface area contributed by atoms with Crippen LogP contribution in [0, 0.1) is 6.92 Å². The minimum Gasteiger partial charge on any atom is -0.478 e. The number of carboxylic acids is 2. The molecule has 0 heterocycles. The van der Waals surface area contributed by atoms with Gasteiger partial charge in [-0.05, 0) is 42.3 Å². The van der Waals surface area contributed by atoms with Crippen LogP contribution in [0.15, 0.2) is 36.4 Å². The van der Waals surface area contributed by atoms with Crippen molar-refractivity contribution in [2.24, 2.45) is 0 Å². The summed E-state index contributed by atoms with van der Waals surface area (Å²) < 4.78 is 74.1. The highest BCUT2D eigenvalue weighted by molar-refractivity contribution is 9.24. The highest BCUT2D eigenvalue weighted by Crippen LogP contribution is 2.40. The van der Waals surface area contributed by atoms with Gasteiger partial charge in [0.1, 0.15) is 0 Å². The van der Waals surface area contributed by atoms with Crippen LogP contribution in [0.1, 0.15) is 46.7 Å². The molecule has 0 spiro atoms. The van der Waals surface area contributed by atoms with Gasteiger partial charge >= 0.3 is 24.3 Å². The molecule has 30 heavy (non-hydrogen) atoms. The maximum atomic E-state index is 12.6. The first-order chi connectivity index (χ1) is 13.6. The maximum Gasteiger partial charge on any atom is 0.416 e. The molecule has 0 saturated heterocycles. The van der Waals surface area contributed by atoms with Crippen LogP contribution in [0.3, 0.4) is 0 Å². The Morgan fingerprint density at radius 3 is 1.57 bits per heavy atom. The minimum atomic E-state index is -4.58. The molecule has 2 N–H and O–H groups in total. The van der Waals surface area contributed by atoms with E-state index in [0.717, 1.165) is 24.3 Å². The van der Waals surface area contributed by atoms with E-state index >= 15 is 0 Å². The van der Waals surface area contributed by atoms with Gasteiger partial charge in [0.2, 0.25) is 0 Å². The lowest BCUT2D eigenvalue weighted by molar-refractivity contribution is -0.138. The molecule has 0 aliphatic heterocycles. The summed E-state index contributed by atoms with van der Waals surface area (Å²) in [7, 11) is 0. The third-order valence-electron chi connectivity index (χ3n) is 3.63.